The van der Waals surface area contributed by atoms with Gasteiger partial charge in [-0.05, 0) is 44.9 Å². The molecule has 0 aromatic heterocycles. The van der Waals surface area contributed by atoms with Crippen molar-refractivity contribution in [2.24, 2.45) is 0 Å². The summed E-state index contributed by atoms with van der Waals surface area (Å²) < 4.78 is 10.5. The number of carbonyl (C=O) groups is 2. The summed E-state index contributed by atoms with van der Waals surface area (Å²) in [6.45, 7) is 4.05. The maximum absolute atomic E-state index is 12.1. The molecule has 1 N–H and O–H groups in total. The van der Waals surface area contributed by atoms with E-state index in [1.807, 2.05) is 0 Å². The van der Waals surface area contributed by atoms with E-state index in [0.29, 0.717) is 12.8 Å². The fraction of sp³-hybridized carbons (Fsp3) is 0.829. The summed E-state index contributed by atoms with van der Waals surface area (Å²) in [4.78, 5) is 24.0. The van der Waals surface area contributed by atoms with Gasteiger partial charge in [0.15, 0.2) is 6.10 Å². The highest BCUT2D eigenvalue weighted by atomic mass is 16.6. The molecule has 0 aliphatic carbocycles. The lowest BCUT2D eigenvalue weighted by Crippen LogP contribution is -2.28. The van der Waals surface area contributed by atoms with Crippen LogP contribution >= 0.6 is 0 Å². The van der Waals surface area contributed by atoms with Crippen LogP contribution in [0.5, 0.6) is 0 Å². The largest absolute Gasteiger partial charge is 0.462 e. The first kappa shape index (κ1) is 38.4. The van der Waals surface area contributed by atoms with E-state index in [1.165, 1.54) is 96.3 Å². The number of hydrogen-bond acceptors (Lipinski definition) is 5. The first-order valence-corrected chi connectivity index (χ1v) is 16.9. The predicted octanol–water partition coefficient (Wildman–Crippen LogP) is 9.95. The molecule has 1 unspecified atom stereocenters. The second-order valence-corrected chi connectivity index (χ2v) is 11.2. The molecule has 0 aromatic carbocycles. The minimum Gasteiger partial charge on any atom is -0.462 e. The highest BCUT2D eigenvalue weighted by Gasteiger charge is 2.16. The van der Waals surface area contributed by atoms with Crippen LogP contribution in [0.2, 0.25) is 0 Å². The topological polar surface area (TPSA) is 72.8 Å². The Balaban J connectivity index is 3.54. The van der Waals surface area contributed by atoms with Crippen LogP contribution in [-0.4, -0.2) is 36.4 Å². The molecule has 0 heterocycles. The molecule has 0 rings (SSSR count). The van der Waals surface area contributed by atoms with E-state index in [1.54, 1.807) is 0 Å². The molecular formula is C35H64O5. The maximum Gasteiger partial charge on any atom is 0.306 e. The first-order chi connectivity index (χ1) is 19.6. The standard InChI is InChI=1S/C35H64O5/c1-3-5-7-9-11-12-13-14-15-16-17-18-19-20-21-22-24-26-28-30-35(38)40-33(31-36)32-39-34(37)29-27-25-23-10-8-6-4-2/h11-12,14-15,33,36H,3-10,13,16-32H2,1-2H3/b12-11-,15-14-. The van der Waals surface area contributed by atoms with Crippen LogP contribution in [0.25, 0.3) is 0 Å². The minimum absolute atomic E-state index is 0.0651. The zero-order chi connectivity index (χ0) is 29.4. The Morgan fingerprint density at radius 1 is 0.575 bits per heavy atom. The number of aliphatic hydroxyl groups is 1. The highest BCUT2D eigenvalue weighted by molar-refractivity contribution is 5.70. The van der Waals surface area contributed by atoms with Crippen LogP contribution in [0, 0.1) is 0 Å². The van der Waals surface area contributed by atoms with Crippen molar-refractivity contribution in [2.75, 3.05) is 13.2 Å². The lowest BCUT2D eigenvalue weighted by atomic mass is 10.1. The summed E-state index contributed by atoms with van der Waals surface area (Å²) in [5.74, 6) is -0.601. The number of allylic oxidation sites excluding steroid dienone is 4. The molecule has 0 fully saturated rings. The molecule has 0 aliphatic heterocycles. The molecule has 0 aliphatic rings. The van der Waals surface area contributed by atoms with Gasteiger partial charge in [-0.1, -0.05) is 134 Å². The van der Waals surface area contributed by atoms with Crippen LogP contribution in [0.1, 0.15) is 168 Å². The number of esters is 2. The summed E-state index contributed by atoms with van der Waals surface area (Å²) >= 11 is 0. The van der Waals surface area contributed by atoms with Crippen molar-refractivity contribution < 1.29 is 24.2 Å². The minimum atomic E-state index is -0.766. The molecule has 0 amide bonds. The molecule has 234 valence electrons. The number of unbranched alkanes of at least 4 members (excludes halogenated alkanes) is 18. The third kappa shape index (κ3) is 29.4. The quantitative estimate of drug-likeness (QED) is 0.0534. The van der Waals surface area contributed by atoms with E-state index >= 15 is 0 Å². The molecule has 1 atom stereocenters. The smallest absolute Gasteiger partial charge is 0.306 e. The van der Waals surface area contributed by atoms with Gasteiger partial charge in [-0.15, -0.1) is 0 Å². The van der Waals surface area contributed by atoms with Gasteiger partial charge in [0.2, 0.25) is 0 Å². The SMILES string of the molecule is CCCCC/C=C\C/C=C\CCCCCCCCCCCC(=O)OC(CO)COC(=O)CCCCCCCCC. The van der Waals surface area contributed by atoms with Gasteiger partial charge in [0.05, 0.1) is 6.61 Å². The fourth-order valence-corrected chi connectivity index (χ4v) is 4.64. The summed E-state index contributed by atoms with van der Waals surface area (Å²) in [5, 5.41) is 9.46. The summed E-state index contributed by atoms with van der Waals surface area (Å²) in [7, 11) is 0. The zero-order valence-corrected chi connectivity index (χ0v) is 26.4. The van der Waals surface area contributed by atoms with E-state index in [-0.39, 0.29) is 25.2 Å². The predicted molar refractivity (Wildman–Crippen MR) is 168 cm³/mol. The molecule has 0 bridgehead atoms. The maximum atomic E-state index is 12.1. The van der Waals surface area contributed by atoms with Crippen LogP contribution < -0.4 is 0 Å². The van der Waals surface area contributed by atoms with E-state index in [4.69, 9.17) is 9.47 Å². The zero-order valence-electron chi connectivity index (χ0n) is 26.4. The number of carbonyl (C=O) groups excluding carboxylic acids is 2. The Bertz CT molecular complexity index is 613. The number of rotatable bonds is 30. The van der Waals surface area contributed by atoms with Gasteiger partial charge in [-0.3, -0.25) is 9.59 Å². The molecule has 0 radical (unpaired) electrons. The van der Waals surface area contributed by atoms with Crippen molar-refractivity contribution >= 4 is 11.9 Å². The van der Waals surface area contributed by atoms with Gasteiger partial charge in [0, 0.05) is 12.8 Å². The lowest BCUT2D eigenvalue weighted by Gasteiger charge is -2.15. The van der Waals surface area contributed by atoms with Crippen molar-refractivity contribution in [1.82, 2.24) is 0 Å². The van der Waals surface area contributed by atoms with Crippen molar-refractivity contribution in [3.05, 3.63) is 24.3 Å². The number of aliphatic hydroxyl groups excluding tert-OH is 1. The monoisotopic (exact) mass is 564 g/mol. The highest BCUT2D eigenvalue weighted by Crippen LogP contribution is 2.13. The third-order valence-electron chi connectivity index (χ3n) is 7.25. The molecule has 40 heavy (non-hydrogen) atoms. The fourth-order valence-electron chi connectivity index (χ4n) is 4.64. The summed E-state index contributed by atoms with van der Waals surface area (Å²) in [6, 6.07) is 0. The van der Waals surface area contributed by atoms with Gasteiger partial charge in [0.1, 0.15) is 6.61 Å². The average Bonchev–Trinajstić information content (AvgIpc) is 2.96. The van der Waals surface area contributed by atoms with Gasteiger partial charge in [-0.2, -0.15) is 0 Å². The summed E-state index contributed by atoms with van der Waals surface area (Å²) in [6.07, 6.45) is 35.3. The molecule has 5 heteroatoms. The van der Waals surface area contributed by atoms with Gasteiger partial charge >= 0.3 is 11.9 Å². The normalized spacial score (nSPS) is 12.4. The molecule has 0 saturated carbocycles. The van der Waals surface area contributed by atoms with E-state index < -0.39 is 6.10 Å². The molecular weight excluding hydrogens is 500 g/mol. The Kier molecular flexibility index (Phi) is 30.6. The van der Waals surface area contributed by atoms with Crippen molar-refractivity contribution in [1.29, 1.82) is 0 Å². The second-order valence-electron chi connectivity index (χ2n) is 11.2. The van der Waals surface area contributed by atoms with Crippen LogP contribution in [-0.2, 0) is 19.1 Å². The van der Waals surface area contributed by atoms with Crippen LogP contribution in [0.4, 0.5) is 0 Å². The number of hydrogen-bond donors (Lipinski definition) is 1. The Morgan fingerprint density at radius 2 is 1.00 bits per heavy atom. The van der Waals surface area contributed by atoms with Gasteiger partial charge in [0.25, 0.3) is 0 Å². The van der Waals surface area contributed by atoms with Gasteiger partial charge < -0.3 is 14.6 Å². The van der Waals surface area contributed by atoms with E-state index in [9.17, 15) is 14.7 Å². The van der Waals surface area contributed by atoms with Gasteiger partial charge in [-0.25, -0.2) is 0 Å². The third-order valence-corrected chi connectivity index (χ3v) is 7.25. The Labute approximate surface area is 247 Å². The van der Waals surface area contributed by atoms with Crippen molar-refractivity contribution in [3.63, 3.8) is 0 Å². The van der Waals surface area contributed by atoms with E-state index in [2.05, 4.69) is 38.2 Å². The van der Waals surface area contributed by atoms with Crippen LogP contribution in [0.3, 0.4) is 0 Å². The Hall–Kier alpha value is -1.62. The molecule has 0 aromatic rings. The molecule has 0 saturated heterocycles. The van der Waals surface area contributed by atoms with Crippen molar-refractivity contribution in [2.45, 2.75) is 174 Å². The Morgan fingerprint density at radius 3 is 1.52 bits per heavy atom. The van der Waals surface area contributed by atoms with E-state index in [0.717, 1.165) is 44.9 Å². The molecule has 5 nitrogen and oxygen atoms in total. The molecule has 0 spiro atoms. The van der Waals surface area contributed by atoms with Crippen molar-refractivity contribution in [3.8, 4) is 0 Å². The number of ether oxygens (including phenoxy) is 2. The summed E-state index contributed by atoms with van der Waals surface area (Å²) in [5.41, 5.74) is 0. The average molecular weight is 565 g/mol. The lowest BCUT2D eigenvalue weighted by molar-refractivity contribution is -0.161. The van der Waals surface area contributed by atoms with Crippen LogP contribution in [0.15, 0.2) is 24.3 Å². The second kappa shape index (κ2) is 31.9. The first-order valence-electron chi connectivity index (χ1n) is 16.9.